The first kappa shape index (κ1) is 25.7. The van der Waals surface area contributed by atoms with Crippen LogP contribution in [-0.4, -0.2) is 50.6 Å². The Morgan fingerprint density at radius 1 is 1.08 bits per heavy atom. The van der Waals surface area contributed by atoms with Crippen LogP contribution >= 0.6 is 0 Å². The van der Waals surface area contributed by atoms with E-state index in [1.165, 1.54) is 0 Å². The molecule has 0 saturated carbocycles. The van der Waals surface area contributed by atoms with Gasteiger partial charge < -0.3 is 26.0 Å². The van der Waals surface area contributed by atoms with Gasteiger partial charge in [-0.05, 0) is 72.6 Å². The van der Waals surface area contributed by atoms with Gasteiger partial charge in [0, 0.05) is 55.3 Å². The first-order valence-electron chi connectivity index (χ1n) is 12.8. The predicted octanol–water partition coefficient (Wildman–Crippen LogP) is 3.96. The molecule has 2 saturated heterocycles. The number of nitrogens with zero attached hydrogens (tertiary/aromatic N) is 1. The second-order valence-electron chi connectivity index (χ2n) is 10.5. The van der Waals surface area contributed by atoms with Crippen LogP contribution in [0.3, 0.4) is 0 Å². The van der Waals surface area contributed by atoms with E-state index in [1.54, 1.807) is 6.07 Å². The van der Waals surface area contributed by atoms with Gasteiger partial charge >= 0.3 is 0 Å². The maximum Gasteiger partial charge on any atom is 0.280 e. The van der Waals surface area contributed by atoms with E-state index >= 15 is 0 Å². The number of aliphatic imine (C=N–C) groups is 1. The SMILES string of the molecule is CC(C)(C)c1cc(C(=O)N=C2NCCN2)ccc1Nc1cccc(C(=O)NCCC2CCCOC2)c1. The summed E-state index contributed by atoms with van der Waals surface area (Å²) >= 11 is 0. The summed E-state index contributed by atoms with van der Waals surface area (Å²) in [6.45, 7) is 10.1. The summed E-state index contributed by atoms with van der Waals surface area (Å²) in [5, 5.41) is 12.6. The number of carbonyl (C=O) groups excluding carboxylic acids is 2. The summed E-state index contributed by atoms with van der Waals surface area (Å²) in [6, 6.07) is 13.1. The van der Waals surface area contributed by atoms with E-state index in [0.717, 1.165) is 62.5 Å². The lowest BCUT2D eigenvalue weighted by Crippen LogP contribution is -2.28. The van der Waals surface area contributed by atoms with Gasteiger partial charge in [-0.15, -0.1) is 0 Å². The molecule has 2 heterocycles. The molecule has 192 valence electrons. The fraction of sp³-hybridized carbons (Fsp3) is 0.464. The van der Waals surface area contributed by atoms with Gasteiger partial charge in [-0.3, -0.25) is 9.59 Å². The molecule has 1 unspecified atom stereocenters. The van der Waals surface area contributed by atoms with Gasteiger partial charge in [0.25, 0.3) is 11.8 Å². The van der Waals surface area contributed by atoms with Crippen molar-refractivity contribution in [3.63, 3.8) is 0 Å². The standard InChI is InChI=1S/C28H37N5O3/c1-28(2,3)23-17-21(26(35)33-27-30-13-14-31-27)9-10-24(23)32-22-8-4-7-20(16-22)25(34)29-12-11-19-6-5-15-36-18-19/h4,7-10,16-17,19,32H,5-6,11-15,18H2,1-3H3,(H,29,34)(H2,30,31,33,35). The lowest BCUT2D eigenvalue weighted by Gasteiger charge is -2.24. The van der Waals surface area contributed by atoms with Gasteiger partial charge in [-0.1, -0.05) is 26.8 Å². The summed E-state index contributed by atoms with van der Waals surface area (Å²) < 4.78 is 5.53. The third-order valence-corrected chi connectivity index (χ3v) is 6.49. The van der Waals surface area contributed by atoms with Gasteiger partial charge in [0.1, 0.15) is 0 Å². The highest BCUT2D eigenvalue weighted by atomic mass is 16.5. The Balaban J connectivity index is 1.45. The van der Waals surface area contributed by atoms with Crippen LogP contribution in [0, 0.1) is 5.92 Å². The molecular weight excluding hydrogens is 454 g/mol. The topological polar surface area (TPSA) is 104 Å². The highest BCUT2D eigenvalue weighted by molar-refractivity contribution is 6.03. The Labute approximate surface area is 213 Å². The largest absolute Gasteiger partial charge is 0.381 e. The number of hydrogen-bond acceptors (Lipinski definition) is 4. The maximum absolute atomic E-state index is 12.7. The van der Waals surface area contributed by atoms with Crippen LogP contribution in [0.15, 0.2) is 47.5 Å². The van der Waals surface area contributed by atoms with Crippen LogP contribution in [0.25, 0.3) is 0 Å². The molecule has 8 heteroatoms. The average Bonchev–Trinajstić information content (AvgIpc) is 3.37. The molecule has 0 radical (unpaired) electrons. The van der Waals surface area contributed by atoms with Crippen LogP contribution in [0.4, 0.5) is 11.4 Å². The van der Waals surface area contributed by atoms with Crippen LogP contribution in [0.1, 0.15) is 66.3 Å². The number of anilines is 2. The van der Waals surface area contributed by atoms with E-state index in [4.69, 9.17) is 4.74 Å². The Kier molecular flexibility index (Phi) is 8.25. The minimum atomic E-state index is -0.289. The number of nitrogens with one attached hydrogen (secondary N) is 4. The van der Waals surface area contributed by atoms with E-state index < -0.39 is 0 Å². The van der Waals surface area contributed by atoms with Crippen LogP contribution in [0.5, 0.6) is 0 Å². The molecule has 0 aliphatic carbocycles. The maximum atomic E-state index is 12.7. The van der Waals surface area contributed by atoms with Crippen molar-refractivity contribution in [2.24, 2.45) is 10.9 Å². The zero-order valence-electron chi connectivity index (χ0n) is 21.4. The van der Waals surface area contributed by atoms with Crippen molar-refractivity contribution >= 4 is 29.1 Å². The zero-order valence-corrected chi connectivity index (χ0v) is 21.4. The molecule has 2 aromatic rings. The molecule has 2 amide bonds. The van der Waals surface area contributed by atoms with Crippen LogP contribution < -0.4 is 21.3 Å². The molecular formula is C28H37N5O3. The molecule has 0 spiro atoms. The van der Waals surface area contributed by atoms with E-state index in [0.29, 0.717) is 29.5 Å². The van der Waals surface area contributed by atoms with Gasteiger partial charge in [0.2, 0.25) is 0 Å². The molecule has 4 rings (SSSR count). The van der Waals surface area contributed by atoms with E-state index in [9.17, 15) is 9.59 Å². The molecule has 1 atom stereocenters. The number of benzene rings is 2. The number of guanidine groups is 1. The number of carbonyl (C=O) groups is 2. The molecule has 2 aromatic carbocycles. The highest BCUT2D eigenvalue weighted by Crippen LogP contribution is 2.33. The van der Waals surface area contributed by atoms with Gasteiger partial charge in [0.05, 0.1) is 0 Å². The lowest BCUT2D eigenvalue weighted by molar-refractivity contribution is 0.0514. The lowest BCUT2D eigenvalue weighted by atomic mass is 9.84. The highest BCUT2D eigenvalue weighted by Gasteiger charge is 2.21. The molecule has 2 fully saturated rings. The predicted molar refractivity (Wildman–Crippen MR) is 143 cm³/mol. The second-order valence-corrected chi connectivity index (χ2v) is 10.5. The molecule has 2 aliphatic rings. The van der Waals surface area contributed by atoms with E-state index in [-0.39, 0.29) is 17.2 Å². The normalized spacial score (nSPS) is 17.6. The summed E-state index contributed by atoms with van der Waals surface area (Å²) in [5.41, 5.74) is 3.62. The fourth-order valence-corrected chi connectivity index (χ4v) is 4.50. The monoisotopic (exact) mass is 491 g/mol. The minimum absolute atomic E-state index is 0.0828. The summed E-state index contributed by atoms with van der Waals surface area (Å²) in [5.74, 6) is 0.666. The van der Waals surface area contributed by atoms with Crippen molar-refractivity contribution < 1.29 is 14.3 Å². The minimum Gasteiger partial charge on any atom is -0.381 e. The number of hydrogen-bond donors (Lipinski definition) is 4. The third kappa shape index (κ3) is 6.85. The zero-order chi connectivity index (χ0) is 25.5. The Morgan fingerprint density at radius 3 is 2.61 bits per heavy atom. The molecule has 8 nitrogen and oxygen atoms in total. The van der Waals surface area contributed by atoms with Crippen LogP contribution in [-0.2, 0) is 10.2 Å². The molecule has 4 N–H and O–H groups in total. The summed E-state index contributed by atoms with van der Waals surface area (Å²) in [4.78, 5) is 29.6. The Morgan fingerprint density at radius 2 is 1.89 bits per heavy atom. The smallest absolute Gasteiger partial charge is 0.280 e. The summed E-state index contributed by atoms with van der Waals surface area (Å²) in [6.07, 6.45) is 3.19. The quantitative estimate of drug-likeness (QED) is 0.467. The third-order valence-electron chi connectivity index (χ3n) is 6.49. The van der Waals surface area contributed by atoms with Gasteiger partial charge in [0.15, 0.2) is 5.96 Å². The van der Waals surface area contributed by atoms with Crippen molar-refractivity contribution in [2.45, 2.75) is 45.4 Å². The van der Waals surface area contributed by atoms with Crippen molar-refractivity contribution in [3.8, 4) is 0 Å². The van der Waals surface area contributed by atoms with Gasteiger partial charge in [-0.25, -0.2) is 0 Å². The average molecular weight is 492 g/mol. The molecule has 0 bridgehead atoms. The molecule has 0 aromatic heterocycles. The van der Waals surface area contributed by atoms with Crippen molar-refractivity contribution in [3.05, 3.63) is 59.2 Å². The molecule has 36 heavy (non-hydrogen) atoms. The van der Waals surface area contributed by atoms with Crippen molar-refractivity contribution in [2.75, 3.05) is 38.2 Å². The Hall–Kier alpha value is -3.39. The summed E-state index contributed by atoms with van der Waals surface area (Å²) in [7, 11) is 0. The number of ether oxygens (including phenoxy) is 1. The second kappa shape index (κ2) is 11.6. The number of rotatable bonds is 7. The fourth-order valence-electron chi connectivity index (χ4n) is 4.50. The first-order chi connectivity index (χ1) is 17.3. The van der Waals surface area contributed by atoms with Crippen molar-refractivity contribution in [1.29, 1.82) is 0 Å². The van der Waals surface area contributed by atoms with E-state index in [2.05, 4.69) is 47.0 Å². The van der Waals surface area contributed by atoms with E-state index in [1.807, 2.05) is 36.4 Å². The van der Waals surface area contributed by atoms with Crippen LogP contribution in [0.2, 0.25) is 0 Å². The van der Waals surface area contributed by atoms with Gasteiger partial charge in [-0.2, -0.15) is 4.99 Å². The van der Waals surface area contributed by atoms with Crippen molar-refractivity contribution in [1.82, 2.24) is 16.0 Å². The molecule has 2 aliphatic heterocycles. The Bertz CT molecular complexity index is 1110. The number of amides is 2. The first-order valence-corrected chi connectivity index (χ1v) is 12.8.